The van der Waals surface area contributed by atoms with E-state index in [1.54, 1.807) is 0 Å². The van der Waals surface area contributed by atoms with Gasteiger partial charge < -0.3 is 15.4 Å². The highest BCUT2D eigenvalue weighted by molar-refractivity contribution is 5.73. The van der Waals surface area contributed by atoms with Crippen LogP contribution in [0.3, 0.4) is 0 Å². The second-order valence-electron chi connectivity index (χ2n) is 6.75. The maximum Gasteiger partial charge on any atom is 0.314 e. The number of hydrogen-bond acceptors (Lipinski definition) is 3. The molecule has 0 spiro atoms. The Morgan fingerprint density at radius 3 is 2.33 bits per heavy atom. The number of amides is 2. The molecule has 0 radical (unpaired) electrons. The molecule has 1 heterocycles. The van der Waals surface area contributed by atoms with Crippen LogP contribution < -0.4 is 10.6 Å². The summed E-state index contributed by atoms with van der Waals surface area (Å²) in [6.45, 7) is 13.8. The number of nitrogens with one attached hydrogen (secondary N) is 2. The SMILES string of the molecule is CC(C)CCNC(=O)NCC(CC(C)C)N1CCOCC1. The van der Waals surface area contributed by atoms with Gasteiger partial charge in [0.25, 0.3) is 0 Å². The molecule has 1 aliphatic rings. The Morgan fingerprint density at radius 2 is 1.76 bits per heavy atom. The highest BCUT2D eigenvalue weighted by atomic mass is 16.5. The van der Waals surface area contributed by atoms with Crippen molar-refractivity contribution in [1.82, 2.24) is 15.5 Å². The van der Waals surface area contributed by atoms with E-state index in [1.165, 1.54) is 0 Å². The smallest absolute Gasteiger partial charge is 0.314 e. The predicted octanol–water partition coefficient (Wildman–Crippen LogP) is 2.08. The molecule has 0 saturated carbocycles. The monoisotopic (exact) mass is 299 g/mol. The molecular weight excluding hydrogens is 266 g/mol. The van der Waals surface area contributed by atoms with Gasteiger partial charge in [-0.3, -0.25) is 4.90 Å². The molecule has 1 fully saturated rings. The minimum atomic E-state index is -0.0438. The largest absolute Gasteiger partial charge is 0.379 e. The molecule has 0 aromatic heterocycles. The van der Waals surface area contributed by atoms with Crippen molar-refractivity contribution in [1.29, 1.82) is 0 Å². The molecule has 1 saturated heterocycles. The second kappa shape index (κ2) is 10.0. The van der Waals surface area contributed by atoms with Gasteiger partial charge >= 0.3 is 6.03 Å². The molecule has 0 aromatic rings. The molecule has 124 valence electrons. The van der Waals surface area contributed by atoms with Gasteiger partial charge in [-0.25, -0.2) is 4.79 Å². The molecular formula is C16H33N3O2. The summed E-state index contributed by atoms with van der Waals surface area (Å²) in [7, 11) is 0. The Morgan fingerprint density at radius 1 is 1.10 bits per heavy atom. The van der Waals surface area contributed by atoms with Crippen LogP contribution in [0.15, 0.2) is 0 Å². The summed E-state index contributed by atoms with van der Waals surface area (Å²) in [5.74, 6) is 1.25. The third-order valence-corrected chi connectivity index (χ3v) is 3.81. The lowest BCUT2D eigenvalue weighted by Gasteiger charge is -2.35. The predicted molar refractivity (Wildman–Crippen MR) is 86.5 cm³/mol. The number of rotatable bonds is 8. The molecule has 1 atom stereocenters. The summed E-state index contributed by atoms with van der Waals surface area (Å²) in [6, 6.07) is 0.363. The molecule has 2 N–H and O–H groups in total. The lowest BCUT2D eigenvalue weighted by atomic mass is 10.0. The Kier molecular flexibility index (Phi) is 8.69. The van der Waals surface area contributed by atoms with Gasteiger partial charge in [0, 0.05) is 32.2 Å². The number of ether oxygens (including phenoxy) is 1. The number of carbonyl (C=O) groups excluding carboxylic acids is 1. The number of nitrogens with zero attached hydrogens (tertiary/aromatic N) is 1. The molecule has 5 nitrogen and oxygen atoms in total. The van der Waals surface area contributed by atoms with Crippen LogP contribution in [0.1, 0.15) is 40.5 Å². The highest BCUT2D eigenvalue weighted by Gasteiger charge is 2.22. The fourth-order valence-electron chi connectivity index (χ4n) is 2.60. The van der Waals surface area contributed by atoms with Crippen LogP contribution in [0.2, 0.25) is 0 Å². The molecule has 2 amide bonds. The summed E-state index contributed by atoms with van der Waals surface area (Å²) in [5.41, 5.74) is 0. The minimum absolute atomic E-state index is 0.0438. The van der Waals surface area contributed by atoms with Crippen molar-refractivity contribution in [2.24, 2.45) is 11.8 Å². The van der Waals surface area contributed by atoms with Crippen molar-refractivity contribution in [2.75, 3.05) is 39.4 Å². The molecule has 21 heavy (non-hydrogen) atoms. The van der Waals surface area contributed by atoms with Crippen molar-refractivity contribution in [3.8, 4) is 0 Å². The normalized spacial score (nSPS) is 18.0. The van der Waals surface area contributed by atoms with Crippen LogP contribution in [-0.2, 0) is 4.74 Å². The van der Waals surface area contributed by atoms with Crippen molar-refractivity contribution >= 4 is 6.03 Å². The van der Waals surface area contributed by atoms with E-state index in [2.05, 4.69) is 43.2 Å². The number of morpholine rings is 1. The number of hydrogen-bond donors (Lipinski definition) is 2. The molecule has 0 bridgehead atoms. The first kappa shape index (κ1) is 18.2. The summed E-state index contributed by atoms with van der Waals surface area (Å²) in [6.07, 6.45) is 2.12. The van der Waals surface area contributed by atoms with Gasteiger partial charge in [-0.15, -0.1) is 0 Å². The van der Waals surface area contributed by atoms with Crippen molar-refractivity contribution in [3.63, 3.8) is 0 Å². The van der Waals surface area contributed by atoms with Crippen LogP contribution in [0.25, 0.3) is 0 Å². The maximum absolute atomic E-state index is 11.8. The van der Waals surface area contributed by atoms with Crippen LogP contribution >= 0.6 is 0 Å². The van der Waals surface area contributed by atoms with Gasteiger partial charge in [-0.2, -0.15) is 0 Å². The molecule has 1 unspecified atom stereocenters. The van der Waals surface area contributed by atoms with Crippen molar-refractivity contribution in [2.45, 2.75) is 46.6 Å². The first-order valence-electron chi connectivity index (χ1n) is 8.32. The van der Waals surface area contributed by atoms with E-state index >= 15 is 0 Å². The van der Waals surface area contributed by atoms with Gasteiger partial charge in [0.1, 0.15) is 0 Å². The summed E-state index contributed by atoms with van der Waals surface area (Å²) in [4.78, 5) is 14.3. The Balaban J connectivity index is 2.32. The van der Waals surface area contributed by atoms with Crippen molar-refractivity contribution in [3.05, 3.63) is 0 Å². The van der Waals surface area contributed by atoms with Gasteiger partial charge in [0.2, 0.25) is 0 Å². The van der Waals surface area contributed by atoms with E-state index in [-0.39, 0.29) is 6.03 Å². The molecule has 5 heteroatoms. The topological polar surface area (TPSA) is 53.6 Å². The van der Waals surface area contributed by atoms with Crippen LogP contribution in [0, 0.1) is 11.8 Å². The van der Waals surface area contributed by atoms with Crippen LogP contribution in [-0.4, -0.2) is 56.4 Å². The lowest BCUT2D eigenvalue weighted by Crippen LogP contribution is -2.50. The van der Waals surface area contributed by atoms with E-state index < -0.39 is 0 Å². The van der Waals surface area contributed by atoms with Crippen molar-refractivity contribution < 1.29 is 9.53 Å². The average molecular weight is 299 g/mol. The highest BCUT2D eigenvalue weighted by Crippen LogP contribution is 2.12. The van der Waals surface area contributed by atoms with E-state index in [0.29, 0.717) is 24.4 Å². The molecule has 0 aromatic carbocycles. The zero-order valence-electron chi connectivity index (χ0n) is 14.2. The van der Waals surface area contributed by atoms with E-state index in [1.807, 2.05) is 0 Å². The molecule has 1 aliphatic heterocycles. The zero-order chi connectivity index (χ0) is 15.7. The summed E-state index contributed by atoms with van der Waals surface area (Å²) >= 11 is 0. The Hall–Kier alpha value is -0.810. The Bertz CT molecular complexity index is 289. The maximum atomic E-state index is 11.8. The first-order valence-corrected chi connectivity index (χ1v) is 8.32. The molecule has 0 aliphatic carbocycles. The van der Waals surface area contributed by atoms with E-state index in [0.717, 1.165) is 45.7 Å². The fourth-order valence-corrected chi connectivity index (χ4v) is 2.60. The van der Waals surface area contributed by atoms with Gasteiger partial charge in [-0.1, -0.05) is 27.7 Å². The van der Waals surface area contributed by atoms with E-state index in [9.17, 15) is 4.79 Å². The standard InChI is InChI=1S/C16H33N3O2/c1-13(2)5-6-17-16(20)18-12-15(11-14(3)4)19-7-9-21-10-8-19/h13-15H,5-12H2,1-4H3,(H2,17,18,20). The van der Waals surface area contributed by atoms with Gasteiger partial charge in [-0.05, 0) is 24.7 Å². The fraction of sp³-hybridized carbons (Fsp3) is 0.938. The third kappa shape index (κ3) is 8.27. The number of carbonyl (C=O) groups is 1. The summed E-state index contributed by atoms with van der Waals surface area (Å²) in [5, 5.41) is 5.96. The lowest BCUT2D eigenvalue weighted by molar-refractivity contribution is 0.0129. The van der Waals surface area contributed by atoms with Gasteiger partial charge in [0.15, 0.2) is 0 Å². The minimum Gasteiger partial charge on any atom is -0.379 e. The molecule has 1 rings (SSSR count). The van der Waals surface area contributed by atoms with Crippen LogP contribution in [0.4, 0.5) is 4.79 Å². The van der Waals surface area contributed by atoms with E-state index in [4.69, 9.17) is 4.74 Å². The van der Waals surface area contributed by atoms with Gasteiger partial charge in [0.05, 0.1) is 13.2 Å². The zero-order valence-corrected chi connectivity index (χ0v) is 14.2. The number of urea groups is 1. The first-order chi connectivity index (χ1) is 9.99. The quantitative estimate of drug-likeness (QED) is 0.721. The summed E-state index contributed by atoms with van der Waals surface area (Å²) < 4.78 is 5.41. The van der Waals surface area contributed by atoms with Crippen LogP contribution in [0.5, 0.6) is 0 Å². The third-order valence-electron chi connectivity index (χ3n) is 3.81. The Labute approximate surface area is 129 Å². The average Bonchev–Trinajstić information content (AvgIpc) is 2.43. The second-order valence-corrected chi connectivity index (χ2v) is 6.75.